The molecular weight excluding hydrogens is 301 g/mol. The van der Waals surface area contributed by atoms with Crippen LogP contribution in [0.3, 0.4) is 0 Å². The molecule has 0 aliphatic carbocycles. The van der Waals surface area contributed by atoms with Gasteiger partial charge in [0.15, 0.2) is 0 Å². The molecule has 1 aromatic carbocycles. The van der Waals surface area contributed by atoms with Crippen molar-refractivity contribution >= 4 is 22.9 Å². The number of nitrogens with two attached hydrogens (primary N) is 1. The fourth-order valence-corrected chi connectivity index (χ4v) is 2.58. The number of aliphatic hydroxyl groups is 1. The monoisotopic (exact) mass is 318 g/mol. The summed E-state index contributed by atoms with van der Waals surface area (Å²) in [6.07, 6.45) is -3.33. The Balaban J connectivity index is 2.34. The fraction of sp³-hybridized carbons (Fsp3) is 0.500. The lowest BCUT2D eigenvalue weighted by Crippen LogP contribution is -2.43. The minimum absolute atomic E-state index is 0.0616. The van der Waals surface area contributed by atoms with Crippen molar-refractivity contribution in [1.82, 2.24) is 0 Å². The van der Waals surface area contributed by atoms with Gasteiger partial charge in [0.2, 0.25) is 0 Å². The first kappa shape index (κ1) is 16.0. The van der Waals surface area contributed by atoms with Crippen molar-refractivity contribution in [2.45, 2.75) is 31.5 Å². The maximum Gasteiger partial charge on any atom is 0.416 e. The van der Waals surface area contributed by atoms with Gasteiger partial charge in [0, 0.05) is 24.3 Å². The van der Waals surface area contributed by atoms with E-state index in [1.807, 2.05) is 4.90 Å². The molecule has 0 saturated carbocycles. The van der Waals surface area contributed by atoms with E-state index < -0.39 is 17.3 Å². The molecule has 1 fully saturated rings. The van der Waals surface area contributed by atoms with E-state index in [2.05, 4.69) is 0 Å². The van der Waals surface area contributed by atoms with Gasteiger partial charge in [-0.1, -0.05) is 12.2 Å². The molecule has 116 valence electrons. The van der Waals surface area contributed by atoms with Crippen molar-refractivity contribution in [3.8, 4) is 0 Å². The molecule has 2 rings (SSSR count). The van der Waals surface area contributed by atoms with Gasteiger partial charge in [-0.3, -0.25) is 0 Å². The van der Waals surface area contributed by atoms with E-state index in [1.165, 1.54) is 6.07 Å². The Bertz CT molecular complexity index is 548. The number of benzene rings is 1. The van der Waals surface area contributed by atoms with Gasteiger partial charge >= 0.3 is 6.18 Å². The second-order valence-electron chi connectivity index (χ2n) is 5.58. The van der Waals surface area contributed by atoms with Crippen molar-refractivity contribution in [2.75, 3.05) is 18.0 Å². The normalized spacial score (nSPS) is 18.6. The van der Waals surface area contributed by atoms with Gasteiger partial charge < -0.3 is 15.7 Å². The molecule has 1 aliphatic heterocycles. The molecule has 1 saturated heterocycles. The molecule has 3 N–H and O–H groups in total. The minimum atomic E-state index is -4.43. The summed E-state index contributed by atoms with van der Waals surface area (Å²) in [5.74, 6) is 0. The van der Waals surface area contributed by atoms with Gasteiger partial charge in [0.05, 0.1) is 11.2 Å². The molecule has 1 heterocycles. The van der Waals surface area contributed by atoms with E-state index in [0.29, 0.717) is 31.6 Å². The summed E-state index contributed by atoms with van der Waals surface area (Å²) in [6, 6.07) is 3.42. The van der Waals surface area contributed by atoms with Gasteiger partial charge in [-0.2, -0.15) is 13.2 Å². The Hall–Kier alpha value is -1.34. The Morgan fingerprint density at radius 1 is 1.33 bits per heavy atom. The molecule has 3 nitrogen and oxygen atoms in total. The standard InChI is InChI=1S/C14H17F3N2OS/c1-13(20)4-6-19(7-5-13)11-3-2-9(14(15,16)17)8-10(11)12(18)21/h2-3,8,20H,4-7H2,1H3,(H2,18,21). The van der Waals surface area contributed by atoms with Crippen molar-refractivity contribution < 1.29 is 18.3 Å². The molecule has 0 atom stereocenters. The van der Waals surface area contributed by atoms with Crippen LogP contribution < -0.4 is 10.6 Å². The van der Waals surface area contributed by atoms with E-state index in [-0.39, 0.29) is 10.6 Å². The average Bonchev–Trinajstić information content (AvgIpc) is 2.37. The number of hydrogen-bond donors (Lipinski definition) is 2. The van der Waals surface area contributed by atoms with Gasteiger partial charge in [0.25, 0.3) is 0 Å². The van der Waals surface area contributed by atoms with Crippen molar-refractivity contribution in [3.05, 3.63) is 29.3 Å². The number of nitrogens with zero attached hydrogens (tertiary/aromatic N) is 1. The van der Waals surface area contributed by atoms with Crippen molar-refractivity contribution in [1.29, 1.82) is 0 Å². The second-order valence-corrected chi connectivity index (χ2v) is 6.02. The van der Waals surface area contributed by atoms with Crippen LogP contribution in [0.25, 0.3) is 0 Å². The third-order valence-electron chi connectivity index (χ3n) is 3.77. The Labute approximate surface area is 126 Å². The molecule has 21 heavy (non-hydrogen) atoms. The fourth-order valence-electron chi connectivity index (χ4n) is 2.41. The average molecular weight is 318 g/mol. The lowest BCUT2D eigenvalue weighted by atomic mass is 9.93. The summed E-state index contributed by atoms with van der Waals surface area (Å²) in [7, 11) is 0. The van der Waals surface area contributed by atoms with Crippen LogP contribution in [0.4, 0.5) is 18.9 Å². The molecule has 7 heteroatoms. The highest BCUT2D eigenvalue weighted by Gasteiger charge is 2.33. The molecule has 0 radical (unpaired) electrons. The summed E-state index contributed by atoms with van der Waals surface area (Å²) in [6.45, 7) is 2.85. The highest BCUT2D eigenvalue weighted by molar-refractivity contribution is 7.80. The van der Waals surface area contributed by atoms with Crippen LogP contribution in [0.15, 0.2) is 18.2 Å². The number of alkyl halides is 3. The van der Waals surface area contributed by atoms with Crippen LogP contribution >= 0.6 is 12.2 Å². The molecule has 1 aromatic rings. The molecule has 1 aliphatic rings. The maximum absolute atomic E-state index is 12.8. The van der Waals surface area contributed by atoms with E-state index in [4.69, 9.17) is 18.0 Å². The zero-order chi connectivity index (χ0) is 15.8. The number of piperidine rings is 1. The van der Waals surface area contributed by atoms with Crippen LogP contribution in [0.1, 0.15) is 30.9 Å². The largest absolute Gasteiger partial charge is 0.416 e. The molecule has 0 aromatic heterocycles. The molecular formula is C14H17F3N2OS. The lowest BCUT2D eigenvalue weighted by molar-refractivity contribution is -0.137. The van der Waals surface area contributed by atoms with Gasteiger partial charge in [-0.05, 0) is 38.0 Å². The summed E-state index contributed by atoms with van der Waals surface area (Å²) < 4.78 is 38.3. The summed E-state index contributed by atoms with van der Waals surface area (Å²) in [4.78, 5) is 1.85. The highest BCUT2D eigenvalue weighted by Crippen LogP contribution is 2.34. The number of anilines is 1. The smallest absolute Gasteiger partial charge is 0.390 e. The minimum Gasteiger partial charge on any atom is -0.390 e. The molecule has 0 spiro atoms. The highest BCUT2D eigenvalue weighted by atomic mass is 32.1. The predicted molar refractivity (Wildman–Crippen MR) is 79.4 cm³/mol. The van der Waals surface area contributed by atoms with E-state index in [0.717, 1.165) is 12.1 Å². The zero-order valence-corrected chi connectivity index (χ0v) is 12.4. The number of rotatable bonds is 2. The molecule has 0 amide bonds. The van der Waals surface area contributed by atoms with E-state index in [1.54, 1.807) is 6.92 Å². The lowest BCUT2D eigenvalue weighted by Gasteiger charge is -2.38. The van der Waals surface area contributed by atoms with E-state index >= 15 is 0 Å². The topological polar surface area (TPSA) is 49.5 Å². The van der Waals surface area contributed by atoms with Crippen LogP contribution in [0.2, 0.25) is 0 Å². The van der Waals surface area contributed by atoms with Crippen LogP contribution in [0.5, 0.6) is 0 Å². The number of hydrogen-bond acceptors (Lipinski definition) is 3. The second kappa shape index (κ2) is 5.46. The van der Waals surface area contributed by atoms with Gasteiger partial charge in [-0.15, -0.1) is 0 Å². The van der Waals surface area contributed by atoms with Gasteiger partial charge in [-0.25, -0.2) is 0 Å². The predicted octanol–water partition coefficient (Wildman–Crippen LogP) is 2.69. The number of thiocarbonyl (C=S) groups is 1. The summed E-state index contributed by atoms with van der Waals surface area (Å²) in [5.41, 5.74) is 4.89. The Kier molecular flexibility index (Phi) is 4.17. The van der Waals surface area contributed by atoms with Crippen LogP contribution in [0, 0.1) is 0 Å². The molecule has 0 bridgehead atoms. The zero-order valence-electron chi connectivity index (χ0n) is 11.6. The third-order valence-corrected chi connectivity index (χ3v) is 3.99. The Morgan fingerprint density at radius 2 is 1.90 bits per heavy atom. The van der Waals surface area contributed by atoms with Crippen molar-refractivity contribution in [2.24, 2.45) is 5.73 Å². The van der Waals surface area contributed by atoms with E-state index in [9.17, 15) is 18.3 Å². The van der Waals surface area contributed by atoms with Crippen LogP contribution in [-0.2, 0) is 6.18 Å². The van der Waals surface area contributed by atoms with Crippen LogP contribution in [-0.4, -0.2) is 28.8 Å². The first-order valence-corrected chi connectivity index (χ1v) is 6.99. The maximum atomic E-state index is 12.8. The van der Waals surface area contributed by atoms with Crippen molar-refractivity contribution in [3.63, 3.8) is 0 Å². The summed E-state index contributed by atoms with van der Waals surface area (Å²) in [5, 5.41) is 9.94. The molecule has 0 unspecified atom stereocenters. The quantitative estimate of drug-likeness (QED) is 0.823. The number of halogens is 3. The van der Waals surface area contributed by atoms with Gasteiger partial charge in [0.1, 0.15) is 4.99 Å². The summed E-state index contributed by atoms with van der Waals surface area (Å²) >= 11 is 4.88. The Morgan fingerprint density at radius 3 is 2.38 bits per heavy atom. The SMILES string of the molecule is CC1(O)CCN(c2ccc(C(F)(F)F)cc2C(N)=S)CC1. The first-order valence-electron chi connectivity index (χ1n) is 6.58. The third kappa shape index (κ3) is 3.65. The first-order chi connectivity index (χ1) is 9.60.